The van der Waals surface area contributed by atoms with Crippen molar-refractivity contribution in [2.24, 2.45) is 11.8 Å². The lowest BCUT2D eigenvalue weighted by Crippen LogP contribution is -2.40. The molecule has 0 unspecified atom stereocenters. The summed E-state index contributed by atoms with van der Waals surface area (Å²) in [6.07, 6.45) is 2.74. The molecule has 2 amide bonds. The molecule has 1 saturated heterocycles. The highest BCUT2D eigenvalue weighted by Gasteiger charge is 2.35. The Morgan fingerprint density at radius 1 is 1.11 bits per heavy atom. The molecule has 1 aromatic carbocycles. The number of carboxylic acids is 1. The van der Waals surface area contributed by atoms with Gasteiger partial charge in [0.1, 0.15) is 0 Å². The zero-order valence-electron chi connectivity index (χ0n) is 14.9. The molecule has 8 heteroatoms. The maximum atomic E-state index is 12.6. The van der Waals surface area contributed by atoms with Gasteiger partial charge in [0, 0.05) is 18.8 Å². The fourth-order valence-electron chi connectivity index (χ4n) is 3.68. The molecule has 2 aliphatic rings. The summed E-state index contributed by atoms with van der Waals surface area (Å²) in [7, 11) is 0. The predicted molar refractivity (Wildman–Crippen MR) is 99.9 cm³/mol. The number of hydrogen-bond acceptors (Lipinski definition) is 4. The first kappa shape index (κ1) is 19.6. The highest BCUT2D eigenvalue weighted by Crippen LogP contribution is 2.32. The van der Waals surface area contributed by atoms with Crippen LogP contribution in [-0.4, -0.2) is 54.1 Å². The molecule has 7 nitrogen and oxygen atoms in total. The van der Waals surface area contributed by atoms with E-state index in [0.717, 1.165) is 12.8 Å². The monoisotopic (exact) mass is 394 g/mol. The molecule has 0 bridgehead atoms. The van der Waals surface area contributed by atoms with Gasteiger partial charge >= 0.3 is 5.97 Å². The number of carbonyl (C=O) groups excluding carboxylic acids is 2. The second-order valence-electron chi connectivity index (χ2n) is 6.92. The van der Waals surface area contributed by atoms with Crippen LogP contribution in [0.1, 0.15) is 36.0 Å². The minimum absolute atomic E-state index is 0.167. The smallest absolute Gasteiger partial charge is 0.307 e. The number of halogens is 1. The van der Waals surface area contributed by atoms with Crippen molar-refractivity contribution in [2.45, 2.75) is 25.7 Å². The van der Waals surface area contributed by atoms with Crippen LogP contribution in [0.3, 0.4) is 0 Å². The Morgan fingerprint density at radius 3 is 2.41 bits per heavy atom. The van der Waals surface area contributed by atoms with Crippen LogP contribution in [0.25, 0.3) is 0 Å². The van der Waals surface area contributed by atoms with E-state index in [1.807, 2.05) is 0 Å². The van der Waals surface area contributed by atoms with Crippen LogP contribution in [0.5, 0.6) is 0 Å². The van der Waals surface area contributed by atoms with E-state index in [1.165, 1.54) is 6.07 Å². The van der Waals surface area contributed by atoms with Gasteiger partial charge in [0.05, 0.1) is 35.6 Å². The van der Waals surface area contributed by atoms with Crippen LogP contribution in [0.2, 0.25) is 5.02 Å². The van der Waals surface area contributed by atoms with Crippen LogP contribution in [0, 0.1) is 11.8 Å². The third kappa shape index (κ3) is 4.59. The third-order valence-electron chi connectivity index (χ3n) is 5.19. The molecule has 27 heavy (non-hydrogen) atoms. The van der Waals surface area contributed by atoms with Gasteiger partial charge in [0.2, 0.25) is 5.91 Å². The number of morpholine rings is 1. The van der Waals surface area contributed by atoms with E-state index in [2.05, 4.69) is 5.32 Å². The van der Waals surface area contributed by atoms with Crippen molar-refractivity contribution in [3.8, 4) is 0 Å². The Bertz CT molecular complexity index is 733. The van der Waals surface area contributed by atoms with Crippen molar-refractivity contribution in [3.63, 3.8) is 0 Å². The van der Waals surface area contributed by atoms with E-state index in [-0.39, 0.29) is 16.8 Å². The molecular formula is C19H23ClN2O5. The average molecular weight is 395 g/mol. The number of hydrogen-bond donors (Lipinski definition) is 2. The minimum atomic E-state index is -0.931. The van der Waals surface area contributed by atoms with Crippen LogP contribution < -0.4 is 5.32 Å². The van der Waals surface area contributed by atoms with Gasteiger partial charge in [-0.3, -0.25) is 14.4 Å². The van der Waals surface area contributed by atoms with Gasteiger partial charge in [-0.2, -0.15) is 0 Å². The molecule has 1 saturated carbocycles. The molecule has 2 fully saturated rings. The minimum Gasteiger partial charge on any atom is -0.481 e. The normalized spacial score (nSPS) is 22.9. The van der Waals surface area contributed by atoms with E-state index in [0.29, 0.717) is 50.4 Å². The Hall–Kier alpha value is -2.12. The molecular weight excluding hydrogens is 372 g/mol. The first-order valence-corrected chi connectivity index (χ1v) is 9.55. The van der Waals surface area contributed by atoms with Crippen molar-refractivity contribution < 1.29 is 24.2 Å². The molecule has 0 aromatic heterocycles. The van der Waals surface area contributed by atoms with Gasteiger partial charge in [0.15, 0.2) is 0 Å². The molecule has 1 aliphatic carbocycles. The maximum Gasteiger partial charge on any atom is 0.307 e. The Balaban J connectivity index is 1.69. The summed E-state index contributed by atoms with van der Waals surface area (Å²) in [5.74, 6) is -2.62. The number of rotatable bonds is 4. The summed E-state index contributed by atoms with van der Waals surface area (Å²) in [6, 6.07) is 4.74. The lowest BCUT2D eigenvalue weighted by atomic mass is 9.78. The van der Waals surface area contributed by atoms with E-state index < -0.39 is 17.8 Å². The fraction of sp³-hybridized carbons (Fsp3) is 0.526. The van der Waals surface area contributed by atoms with Crippen molar-refractivity contribution in [1.29, 1.82) is 0 Å². The second-order valence-corrected chi connectivity index (χ2v) is 7.33. The van der Waals surface area contributed by atoms with Crippen molar-refractivity contribution in [3.05, 3.63) is 28.8 Å². The number of benzene rings is 1. The van der Waals surface area contributed by atoms with Crippen LogP contribution >= 0.6 is 11.6 Å². The number of aliphatic carboxylic acids is 1. The van der Waals surface area contributed by atoms with E-state index in [1.54, 1.807) is 17.0 Å². The number of amides is 2. The van der Waals surface area contributed by atoms with Gasteiger partial charge in [0.25, 0.3) is 5.91 Å². The molecule has 2 N–H and O–H groups in total. The highest BCUT2D eigenvalue weighted by atomic mass is 35.5. The van der Waals surface area contributed by atoms with Crippen molar-refractivity contribution in [2.75, 3.05) is 31.6 Å². The molecule has 0 radical (unpaired) electrons. The summed E-state index contributed by atoms with van der Waals surface area (Å²) >= 11 is 6.27. The van der Waals surface area contributed by atoms with Gasteiger partial charge in [-0.1, -0.05) is 24.4 Å². The predicted octanol–water partition coefficient (Wildman–Crippen LogP) is 2.64. The summed E-state index contributed by atoms with van der Waals surface area (Å²) in [5, 5.41) is 12.3. The lowest BCUT2D eigenvalue weighted by molar-refractivity contribution is -0.147. The van der Waals surface area contributed by atoms with Gasteiger partial charge in [-0.25, -0.2) is 0 Å². The third-order valence-corrected chi connectivity index (χ3v) is 5.50. The number of carboxylic acid groups (broad SMARTS) is 1. The lowest BCUT2D eigenvalue weighted by Gasteiger charge is -2.28. The standard InChI is InChI=1S/C19H23ClN2O5/c20-16-11-12(5-6-15(16)18(24)22-7-9-27-10-8-22)21-17(23)13-3-1-2-4-14(13)19(25)26/h5-6,11,13-14H,1-4,7-10H2,(H,21,23)(H,25,26)/t13-,14+/m0/s1. The maximum absolute atomic E-state index is 12.6. The summed E-state index contributed by atoms with van der Waals surface area (Å²) in [5.41, 5.74) is 0.830. The molecule has 1 aromatic rings. The quantitative estimate of drug-likeness (QED) is 0.818. The van der Waals surface area contributed by atoms with Crippen molar-refractivity contribution >= 4 is 35.1 Å². The average Bonchev–Trinajstić information content (AvgIpc) is 2.68. The number of nitrogens with zero attached hydrogens (tertiary/aromatic N) is 1. The Labute approximate surface area is 162 Å². The van der Waals surface area contributed by atoms with Gasteiger partial charge in [-0.15, -0.1) is 0 Å². The topological polar surface area (TPSA) is 95.9 Å². The van der Waals surface area contributed by atoms with Gasteiger partial charge < -0.3 is 20.1 Å². The number of nitrogens with one attached hydrogen (secondary N) is 1. The van der Waals surface area contributed by atoms with Crippen LogP contribution in [0.4, 0.5) is 5.69 Å². The van der Waals surface area contributed by atoms with Crippen LogP contribution in [0.15, 0.2) is 18.2 Å². The molecule has 1 heterocycles. The second kappa shape index (κ2) is 8.71. The molecule has 2 atom stereocenters. The number of anilines is 1. The number of carbonyl (C=O) groups is 3. The first-order valence-electron chi connectivity index (χ1n) is 9.17. The summed E-state index contributed by atoms with van der Waals surface area (Å²) in [6.45, 7) is 2.05. The molecule has 1 aliphatic heterocycles. The highest BCUT2D eigenvalue weighted by molar-refractivity contribution is 6.34. The SMILES string of the molecule is O=C(Nc1ccc(C(=O)N2CCOCC2)c(Cl)c1)[C@H]1CCCC[C@H]1C(=O)O. The van der Waals surface area contributed by atoms with E-state index in [9.17, 15) is 19.5 Å². The van der Waals surface area contributed by atoms with Crippen LogP contribution in [-0.2, 0) is 14.3 Å². The van der Waals surface area contributed by atoms with Gasteiger partial charge in [-0.05, 0) is 31.0 Å². The zero-order chi connectivity index (χ0) is 19.4. The number of ether oxygens (including phenoxy) is 1. The molecule has 146 valence electrons. The summed E-state index contributed by atoms with van der Waals surface area (Å²) in [4.78, 5) is 38.2. The van der Waals surface area contributed by atoms with E-state index >= 15 is 0 Å². The Morgan fingerprint density at radius 2 is 1.78 bits per heavy atom. The summed E-state index contributed by atoms with van der Waals surface area (Å²) < 4.78 is 5.25. The largest absolute Gasteiger partial charge is 0.481 e. The van der Waals surface area contributed by atoms with Crippen molar-refractivity contribution in [1.82, 2.24) is 4.90 Å². The zero-order valence-corrected chi connectivity index (χ0v) is 15.7. The molecule has 0 spiro atoms. The molecule has 3 rings (SSSR count). The Kier molecular flexibility index (Phi) is 6.34. The first-order chi connectivity index (χ1) is 13.0. The van der Waals surface area contributed by atoms with E-state index in [4.69, 9.17) is 16.3 Å². The fourth-order valence-corrected chi connectivity index (χ4v) is 3.94.